The lowest BCUT2D eigenvalue weighted by molar-refractivity contribution is 0.312. The molecule has 18 heavy (non-hydrogen) atoms. The molecule has 0 unspecified atom stereocenters. The molecule has 0 spiro atoms. The first-order chi connectivity index (χ1) is 8.60. The van der Waals surface area contributed by atoms with Gasteiger partial charge in [-0.25, -0.2) is 0 Å². The van der Waals surface area contributed by atoms with Crippen LogP contribution in [-0.2, 0) is 6.54 Å². The molecule has 0 amide bonds. The molecule has 0 aromatic heterocycles. The van der Waals surface area contributed by atoms with Crippen molar-refractivity contribution in [2.45, 2.75) is 19.4 Å². The molecular weight excluding hydrogens is 229 g/mol. The Morgan fingerprint density at radius 2 is 2.11 bits per heavy atom. The highest BCUT2D eigenvalue weighted by molar-refractivity contribution is 6.59. The molecule has 0 aliphatic heterocycles. The lowest BCUT2D eigenvalue weighted by atomic mass is 9.77. The number of methoxy groups -OCH3 is 1. The van der Waals surface area contributed by atoms with Crippen LogP contribution >= 0.6 is 0 Å². The monoisotopic (exact) mass is 249 g/mol. The number of benzene rings is 1. The standard InChI is InChI=1S/C13H20BNO3/c1-15(8-10-3-4-10)9-11-7-12(18-2)5-6-13(11)14(16)17/h5-7,10,16-17H,3-4,8-9H2,1-2H3. The Bertz CT molecular complexity index is 407. The smallest absolute Gasteiger partial charge is 0.488 e. The van der Waals surface area contributed by atoms with E-state index in [4.69, 9.17) is 4.74 Å². The van der Waals surface area contributed by atoms with Crippen molar-refractivity contribution >= 4 is 12.6 Å². The van der Waals surface area contributed by atoms with Gasteiger partial charge in [-0.05, 0) is 49.0 Å². The minimum atomic E-state index is -1.43. The third kappa shape index (κ3) is 3.48. The van der Waals surface area contributed by atoms with Gasteiger partial charge in [0.25, 0.3) is 0 Å². The molecule has 4 nitrogen and oxygen atoms in total. The zero-order valence-electron chi connectivity index (χ0n) is 11.0. The van der Waals surface area contributed by atoms with E-state index >= 15 is 0 Å². The summed E-state index contributed by atoms with van der Waals surface area (Å²) in [5, 5.41) is 18.7. The lowest BCUT2D eigenvalue weighted by Crippen LogP contribution is -2.35. The maximum atomic E-state index is 9.37. The summed E-state index contributed by atoms with van der Waals surface area (Å²) in [7, 11) is 2.24. The summed E-state index contributed by atoms with van der Waals surface area (Å²) in [6, 6.07) is 5.33. The Morgan fingerprint density at radius 3 is 2.67 bits per heavy atom. The van der Waals surface area contributed by atoms with E-state index in [1.54, 1.807) is 19.2 Å². The Labute approximate surface area is 108 Å². The fraction of sp³-hybridized carbons (Fsp3) is 0.538. The number of hydrogen-bond acceptors (Lipinski definition) is 4. The summed E-state index contributed by atoms with van der Waals surface area (Å²) in [6.45, 7) is 1.78. The molecule has 1 aliphatic carbocycles. The predicted octanol–water partition coefficient (Wildman–Crippen LogP) is 0.217. The second-order valence-corrected chi connectivity index (χ2v) is 5.08. The topological polar surface area (TPSA) is 52.9 Å². The third-order valence-corrected chi connectivity index (χ3v) is 3.34. The molecule has 2 rings (SSSR count). The van der Waals surface area contributed by atoms with Crippen LogP contribution in [0.4, 0.5) is 0 Å². The average Bonchev–Trinajstić information content (AvgIpc) is 3.12. The molecule has 1 aromatic rings. The Balaban J connectivity index is 2.11. The van der Waals surface area contributed by atoms with Crippen molar-refractivity contribution in [1.29, 1.82) is 0 Å². The normalized spacial score (nSPS) is 14.9. The van der Waals surface area contributed by atoms with Crippen LogP contribution in [0.25, 0.3) is 0 Å². The van der Waals surface area contributed by atoms with Crippen LogP contribution in [0.1, 0.15) is 18.4 Å². The van der Waals surface area contributed by atoms with E-state index in [-0.39, 0.29) is 0 Å². The Kier molecular flexibility index (Phi) is 4.27. The minimum absolute atomic E-state index is 0.554. The second-order valence-electron chi connectivity index (χ2n) is 5.08. The minimum Gasteiger partial charge on any atom is -0.497 e. The summed E-state index contributed by atoms with van der Waals surface area (Å²) >= 11 is 0. The number of ether oxygens (including phenoxy) is 1. The van der Waals surface area contributed by atoms with Gasteiger partial charge in [-0.15, -0.1) is 0 Å². The van der Waals surface area contributed by atoms with Gasteiger partial charge in [0.1, 0.15) is 5.75 Å². The van der Waals surface area contributed by atoms with Crippen molar-refractivity contribution in [3.63, 3.8) is 0 Å². The molecule has 98 valence electrons. The molecule has 2 N–H and O–H groups in total. The molecule has 1 fully saturated rings. The predicted molar refractivity (Wildman–Crippen MR) is 71.9 cm³/mol. The van der Waals surface area contributed by atoms with Crippen molar-refractivity contribution < 1.29 is 14.8 Å². The summed E-state index contributed by atoms with van der Waals surface area (Å²) in [4.78, 5) is 2.22. The summed E-state index contributed by atoms with van der Waals surface area (Å²) in [6.07, 6.45) is 2.63. The van der Waals surface area contributed by atoms with Crippen LogP contribution in [0.15, 0.2) is 18.2 Å². The van der Waals surface area contributed by atoms with Crippen molar-refractivity contribution in [1.82, 2.24) is 4.90 Å². The quantitative estimate of drug-likeness (QED) is 0.708. The van der Waals surface area contributed by atoms with Gasteiger partial charge in [0.2, 0.25) is 0 Å². The van der Waals surface area contributed by atoms with Crippen LogP contribution in [0.3, 0.4) is 0 Å². The zero-order valence-corrected chi connectivity index (χ0v) is 11.0. The van der Waals surface area contributed by atoms with Crippen molar-refractivity contribution in [2.24, 2.45) is 5.92 Å². The van der Waals surface area contributed by atoms with Gasteiger partial charge in [0, 0.05) is 13.1 Å². The van der Waals surface area contributed by atoms with E-state index in [0.29, 0.717) is 12.0 Å². The number of rotatable bonds is 6. The van der Waals surface area contributed by atoms with E-state index in [1.807, 2.05) is 6.07 Å². The highest BCUT2D eigenvalue weighted by Crippen LogP contribution is 2.29. The summed E-state index contributed by atoms with van der Waals surface area (Å²) in [5.41, 5.74) is 1.46. The van der Waals surface area contributed by atoms with Crippen molar-refractivity contribution in [2.75, 3.05) is 20.7 Å². The highest BCUT2D eigenvalue weighted by atomic mass is 16.5. The SMILES string of the molecule is COc1ccc(B(O)O)c(CN(C)CC2CC2)c1. The van der Waals surface area contributed by atoms with Gasteiger partial charge in [0.15, 0.2) is 0 Å². The molecular formula is C13H20BNO3. The van der Waals surface area contributed by atoms with E-state index < -0.39 is 7.12 Å². The fourth-order valence-electron chi connectivity index (χ4n) is 2.19. The van der Waals surface area contributed by atoms with Crippen LogP contribution in [0, 0.1) is 5.92 Å². The molecule has 5 heteroatoms. The fourth-order valence-corrected chi connectivity index (χ4v) is 2.19. The Morgan fingerprint density at radius 1 is 1.39 bits per heavy atom. The molecule has 1 aliphatic rings. The van der Waals surface area contributed by atoms with Gasteiger partial charge in [0.05, 0.1) is 7.11 Å². The first kappa shape index (κ1) is 13.4. The van der Waals surface area contributed by atoms with Gasteiger partial charge in [-0.1, -0.05) is 6.07 Å². The summed E-state index contributed by atoms with van der Waals surface area (Å²) < 4.78 is 5.18. The summed E-state index contributed by atoms with van der Waals surface area (Å²) in [5.74, 6) is 1.57. The van der Waals surface area contributed by atoms with E-state index in [9.17, 15) is 10.0 Å². The van der Waals surface area contributed by atoms with Gasteiger partial charge in [-0.2, -0.15) is 0 Å². The van der Waals surface area contributed by atoms with Crippen LogP contribution < -0.4 is 10.2 Å². The zero-order chi connectivity index (χ0) is 13.1. The molecule has 0 atom stereocenters. The van der Waals surface area contributed by atoms with Gasteiger partial charge < -0.3 is 19.7 Å². The number of nitrogens with zero attached hydrogens (tertiary/aromatic N) is 1. The maximum Gasteiger partial charge on any atom is 0.488 e. The highest BCUT2D eigenvalue weighted by Gasteiger charge is 2.24. The van der Waals surface area contributed by atoms with Gasteiger partial charge >= 0.3 is 7.12 Å². The molecule has 1 aromatic carbocycles. The maximum absolute atomic E-state index is 9.37. The van der Waals surface area contributed by atoms with Crippen molar-refractivity contribution in [3.05, 3.63) is 23.8 Å². The molecule has 0 bridgehead atoms. The van der Waals surface area contributed by atoms with Crippen LogP contribution in [0.2, 0.25) is 0 Å². The third-order valence-electron chi connectivity index (χ3n) is 3.34. The first-order valence-electron chi connectivity index (χ1n) is 6.31. The van der Waals surface area contributed by atoms with Crippen molar-refractivity contribution in [3.8, 4) is 5.75 Å². The second kappa shape index (κ2) is 5.74. The van der Waals surface area contributed by atoms with E-state index in [1.165, 1.54) is 12.8 Å². The number of hydrogen-bond donors (Lipinski definition) is 2. The average molecular weight is 249 g/mol. The van der Waals surface area contributed by atoms with Crippen LogP contribution in [-0.4, -0.2) is 42.8 Å². The largest absolute Gasteiger partial charge is 0.497 e. The molecule has 0 heterocycles. The molecule has 0 radical (unpaired) electrons. The van der Waals surface area contributed by atoms with Gasteiger partial charge in [-0.3, -0.25) is 0 Å². The van der Waals surface area contributed by atoms with E-state index in [0.717, 1.165) is 23.8 Å². The molecule has 0 saturated heterocycles. The lowest BCUT2D eigenvalue weighted by Gasteiger charge is -2.19. The Hall–Kier alpha value is -1.04. The van der Waals surface area contributed by atoms with E-state index in [2.05, 4.69) is 11.9 Å². The first-order valence-corrected chi connectivity index (χ1v) is 6.31. The molecule has 1 saturated carbocycles. The van der Waals surface area contributed by atoms with Crippen LogP contribution in [0.5, 0.6) is 5.75 Å².